The molecular weight excluding hydrogens is 428 g/mol. The third kappa shape index (κ3) is 3.05. The first-order valence-corrected chi connectivity index (χ1v) is 10.1. The van der Waals surface area contributed by atoms with Crippen LogP contribution in [-0.4, -0.2) is 25.7 Å². The van der Waals surface area contributed by atoms with Crippen molar-refractivity contribution in [3.63, 3.8) is 0 Å². The molecule has 0 fully saturated rings. The van der Waals surface area contributed by atoms with E-state index in [0.717, 1.165) is 0 Å². The highest BCUT2D eigenvalue weighted by molar-refractivity contribution is 6.35. The molecule has 3 heterocycles. The van der Waals surface area contributed by atoms with Crippen molar-refractivity contribution < 1.29 is 0 Å². The van der Waals surface area contributed by atoms with Crippen molar-refractivity contribution in [2.45, 2.75) is 12.5 Å². The molecule has 0 aliphatic carbocycles. The predicted molar refractivity (Wildman–Crippen MR) is 122 cm³/mol. The maximum atomic E-state index is 13.6. The Labute approximate surface area is 187 Å². The van der Waals surface area contributed by atoms with Gasteiger partial charge in [0, 0.05) is 12.6 Å². The van der Waals surface area contributed by atoms with Gasteiger partial charge < -0.3 is 5.73 Å². The summed E-state index contributed by atoms with van der Waals surface area (Å²) in [5, 5.41) is 16.2. The predicted octanol–water partition coefficient (Wildman–Crippen LogP) is 3.22. The molecule has 1 unspecified atom stereocenters. The van der Waals surface area contributed by atoms with Gasteiger partial charge in [-0.2, -0.15) is 10.4 Å². The number of nitrogens with zero attached hydrogens (tertiary/aromatic N) is 7. The Bertz CT molecular complexity index is 1480. The van der Waals surface area contributed by atoms with Gasteiger partial charge in [0.15, 0.2) is 5.82 Å². The van der Waals surface area contributed by atoms with Crippen LogP contribution in [0.4, 0.5) is 11.6 Å². The van der Waals surface area contributed by atoms with Gasteiger partial charge in [0.25, 0.3) is 5.56 Å². The lowest BCUT2D eigenvalue weighted by molar-refractivity contribution is 0.627. The summed E-state index contributed by atoms with van der Waals surface area (Å²) in [6.45, 7) is 0. The number of anilines is 2. The smallest absolute Gasteiger partial charge is 0.267 e. The second-order valence-electron chi connectivity index (χ2n) is 7.04. The largest absolute Gasteiger partial charge is 0.382 e. The fourth-order valence-electron chi connectivity index (χ4n) is 3.76. The summed E-state index contributed by atoms with van der Waals surface area (Å²) in [6, 6.07) is 15.9. The first kappa shape index (κ1) is 19.7. The Kier molecular flexibility index (Phi) is 4.77. The number of rotatable bonds is 3. The van der Waals surface area contributed by atoms with Crippen LogP contribution in [0.1, 0.15) is 23.9 Å². The zero-order valence-corrected chi connectivity index (χ0v) is 17.3. The molecule has 5 rings (SSSR count). The van der Waals surface area contributed by atoms with E-state index in [9.17, 15) is 10.1 Å². The summed E-state index contributed by atoms with van der Waals surface area (Å²) < 4.78 is 1.52. The number of fused-ring (bicyclic) bond motifs is 1. The summed E-state index contributed by atoms with van der Waals surface area (Å²) in [6.07, 6.45) is 3.40. The molecule has 4 aromatic rings. The minimum atomic E-state index is -0.507. The lowest BCUT2D eigenvalue weighted by Gasteiger charge is -2.25. The maximum absolute atomic E-state index is 13.6. The van der Waals surface area contributed by atoms with E-state index >= 15 is 0 Å². The van der Waals surface area contributed by atoms with E-state index in [4.69, 9.17) is 22.3 Å². The summed E-state index contributed by atoms with van der Waals surface area (Å²) in [5.41, 5.74) is 6.80. The van der Waals surface area contributed by atoms with Crippen LogP contribution in [0.25, 0.3) is 16.6 Å². The number of nitrogens with two attached hydrogens (primary N) is 1. The number of aromatic nitrogens is 4. The van der Waals surface area contributed by atoms with Gasteiger partial charge in [-0.25, -0.2) is 20.0 Å². The van der Waals surface area contributed by atoms with Gasteiger partial charge in [0.2, 0.25) is 0 Å². The Balaban J connectivity index is 1.78. The van der Waals surface area contributed by atoms with E-state index < -0.39 is 6.04 Å². The summed E-state index contributed by atoms with van der Waals surface area (Å²) in [5.74, 6) is 0.741. The molecule has 10 heteroatoms. The molecule has 0 radical (unpaired) electrons. The molecule has 1 atom stereocenters. The Morgan fingerprint density at radius 1 is 1.12 bits per heavy atom. The van der Waals surface area contributed by atoms with Crippen molar-refractivity contribution in [2.75, 3.05) is 10.7 Å². The summed E-state index contributed by atoms with van der Waals surface area (Å²) in [7, 11) is 0. The summed E-state index contributed by atoms with van der Waals surface area (Å²) >= 11 is 6.36. The molecule has 0 saturated carbocycles. The van der Waals surface area contributed by atoms with E-state index in [1.807, 2.05) is 36.4 Å². The van der Waals surface area contributed by atoms with Crippen LogP contribution < -0.4 is 16.3 Å². The van der Waals surface area contributed by atoms with Crippen LogP contribution in [0.5, 0.6) is 0 Å². The van der Waals surface area contributed by atoms with Crippen LogP contribution in [0.15, 0.2) is 64.8 Å². The quantitative estimate of drug-likeness (QED) is 0.516. The van der Waals surface area contributed by atoms with Crippen LogP contribution in [0, 0.1) is 11.3 Å². The minimum Gasteiger partial charge on any atom is -0.382 e. The van der Waals surface area contributed by atoms with Crippen molar-refractivity contribution in [2.24, 2.45) is 5.10 Å². The molecule has 32 heavy (non-hydrogen) atoms. The zero-order valence-electron chi connectivity index (χ0n) is 16.6. The van der Waals surface area contributed by atoms with E-state index in [1.54, 1.807) is 29.4 Å². The lowest BCUT2D eigenvalue weighted by Crippen LogP contribution is -2.31. The number of hydrogen-bond donors (Lipinski definition) is 1. The molecule has 1 aliphatic heterocycles. The van der Waals surface area contributed by atoms with E-state index in [1.165, 1.54) is 10.9 Å². The van der Waals surface area contributed by atoms with E-state index in [2.05, 4.69) is 15.1 Å². The molecule has 2 aromatic carbocycles. The van der Waals surface area contributed by atoms with Crippen LogP contribution in [0.2, 0.25) is 5.02 Å². The van der Waals surface area contributed by atoms with Crippen molar-refractivity contribution in [1.82, 2.24) is 19.5 Å². The van der Waals surface area contributed by atoms with E-state index in [-0.39, 0.29) is 22.8 Å². The zero-order chi connectivity index (χ0) is 22.2. The molecule has 9 nitrogen and oxygen atoms in total. The summed E-state index contributed by atoms with van der Waals surface area (Å²) in [4.78, 5) is 26.6. The second kappa shape index (κ2) is 7.76. The van der Waals surface area contributed by atoms with Gasteiger partial charge >= 0.3 is 0 Å². The lowest BCUT2D eigenvalue weighted by atomic mass is 10.1. The SMILES string of the molecule is N#Cc1c(N)ncnc1N1N=CCC1c1nc2cccc(Cl)c2c(=O)n1-c1ccccc1. The molecule has 0 spiro atoms. The average molecular weight is 443 g/mol. The molecule has 2 aromatic heterocycles. The molecule has 0 amide bonds. The van der Waals surface area contributed by atoms with Crippen molar-refractivity contribution >= 4 is 40.4 Å². The standard InChI is InChI=1S/C22H15ClN8O/c23-15-7-4-8-16-18(15)22(32)30(13-5-2-1-3-6-13)21(29-16)17-9-10-28-31(17)20-14(11-24)19(25)26-12-27-20/h1-8,10,12,17H,9H2,(H2,25,26,27). The van der Waals surface area contributed by atoms with E-state index in [0.29, 0.717) is 33.9 Å². The van der Waals surface area contributed by atoms with Crippen LogP contribution in [0.3, 0.4) is 0 Å². The Morgan fingerprint density at radius 3 is 2.72 bits per heavy atom. The normalized spacial score (nSPS) is 15.2. The maximum Gasteiger partial charge on any atom is 0.267 e. The second-order valence-corrected chi connectivity index (χ2v) is 7.45. The highest BCUT2D eigenvalue weighted by Gasteiger charge is 2.32. The third-order valence-electron chi connectivity index (χ3n) is 5.20. The number of nitrogen functional groups attached to an aromatic ring is 1. The van der Waals surface area contributed by atoms with Crippen LogP contribution >= 0.6 is 11.6 Å². The average Bonchev–Trinajstić information content (AvgIpc) is 3.29. The van der Waals surface area contributed by atoms with Gasteiger partial charge in [-0.05, 0) is 24.3 Å². The number of halogens is 1. The van der Waals surface area contributed by atoms with Crippen molar-refractivity contribution in [1.29, 1.82) is 5.26 Å². The topological polar surface area (TPSA) is 126 Å². The van der Waals surface area contributed by atoms with Gasteiger partial charge in [-0.3, -0.25) is 9.36 Å². The van der Waals surface area contributed by atoms with Crippen LogP contribution in [-0.2, 0) is 0 Å². The molecule has 0 saturated heterocycles. The monoisotopic (exact) mass is 442 g/mol. The van der Waals surface area contributed by atoms with Gasteiger partial charge in [-0.15, -0.1) is 0 Å². The molecule has 156 valence electrons. The van der Waals surface area contributed by atoms with Gasteiger partial charge in [-0.1, -0.05) is 35.9 Å². The van der Waals surface area contributed by atoms with Crippen molar-refractivity contribution in [3.05, 3.63) is 81.6 Å². The Morgan fingerprint density at radius 2 is 1.94 bits per heavy atom. The number of hydrogen-bond acceptors (Lipinski definition) is 8. The first-order chi connectivity index (χ1) is 15.6. The van der Waals surface area contributed by atoms with Crippen molar-refractivity contribution in [3.8, 4) is 11.8 Å². The highest BCUT2D eigenvalue weighted by atomic mass is 35.5. The molecule has 2 N–H and O–H groups in total. The molecular formula is C22H15ClN8O. The number of nitriles is 1. The number of benzene rings is 2. The fourth-order valence-corrected chi connectivity index (χ4v) is 4.01. The molecule has 0 bridgehead atoms. The van der Waals surface area contributed by atoms with Gasteiger partial charge in [0.1, 0.15) is 35.6 Å². The minimum absolute atomic E-state index is 0.0528. The number of para-hydroxylation sites is 1. The van der Waals surface area contributed by atoms with Gasteiger partial charge in [0.05, 0.1) is 21.6 Å². The fraction of sp³-hybridized carbons (Fsp3) is 0.0909. The Hall–Kier alpha value is -4.29. The highest BCUT2D eigenvalue weighted by Crippen LogP contribution is 2.35. The third-order valence-corrected chi connectivity index (χ3v) is 5.52. The molecule has 1 aliphatic rings. The number of hydrazone groups is 1. The first-order valence-electron chi connectivity index (χ1n) is 9.69.